The van der Waals surface area contributed by atoms with Crippen molar-refractivity contribution in [3.63, 3.8) is 0 Å². The maximum Gasteiger partial charge on any atom is 0.337 e. The topological polar surface area (TPSA) is 111 Å². The van der Waals surface area contributed by atoms with Crippen LogP contribution in [0.2, 0.25) is 0 Å². The minimum Gasteiger partial charge on any atom is -0.465 e. The van der Waals surface area contributed by atoms with Gasteiger partial charge in [0.15, 0.2) is 5.41 Å². The van der Waals surface area contributed by atoms with E-state index in [2.05, 4.69) is 11.3 Å². The van der Waals surface area contributed by atoms with E-state index in [1.807, 2.05) is 12.1 Å². The fraction of sp³-hybridized carbons (Fsp3) is 0.174. The second-order valence-corrected chi connectivity index (χ2v) is 6.73. The molecule has 0 radical (unpaired) electrons. The third kappa shape index (κ3) is 3.13. The van der Waals surface area contributed by atoms with Gasteiger partial charge in [-0.15, -0.1) is 6.58 Å². The van der Waals surface area contributed by atoms with Crippen molar-refractivity contribution in [3.05, 3.63) is 83.4 Å². The molecule has 0 N–H and O–H groups in total. The number of nitrogens with zero attached hydrogens (tertiary/aromatic N) is 3. The second kappa shape index (κ2) is 8.02. The average molecular weight is 399 g/mol. The molecule has 0 fully saturated rings. The molecule has 1 heterocycles. The molecule has 2 aromatic rings. The molecule has 1 aliphatic rings. The number of carbonyl (C=O) groups is 3. The lowest BCUT2D eigenvalue weighted by atomic mass is 9.75. The summed E-state index contributed by atoms with van der Waals surface area (Å²) in [5.41, 5.74) is -0.723. The largest absolute Gasteiger partial charge is 0.465 e. The molecule has 0 saturated carbocycles. The Balaban J connectivity index is 2.20. The Bertz CT molecular complexity index is 1070. The molecule has 7 heteroatoms. The average Bonchev–Trinajstić information content (AvgIpc) is 3.04. The molecule has 30 heavy (non-hydrogen) atoms. The van der Waals surface area contributed by atoms with Crippen LogP contribution in [0.5, 0.6) is 0 Å². The molecule has 0 aliphatic carbocycles. The van der Waals surface area contributed by atoms with E-state index in [1.54, 1.807) is 12.1 Å². The summed E-state index contributed by atoms with van der Waals surface area (Å²) in [6.07, 6.45) is 1.33. The molecule has 2 amide bonds. The molecule has 0 saturated heterocycles. The first kappa shape index (κ1) is 20.5. The van der Waals surface area contributed by atoms with E-state index in [9.17, 15) is 24.9 Å². The van der Waals surface area contributed by atoms with Crippen LogP contribution in [0.1, 0.15) is 49.1 Å². The van der Waals surface area contributed by atoms with Crippen LogP contribution in [0, 0.1) is 28.1 Å². The summed E-state index contributed by atoms with van der Waals surface area (Å²) in [6, 6.07) is 15.0. The van der Waals surface area contributed by atoms with Crippen molar-refractivity contribution in [1.29, 1.82) is 10.5 Å². The van der Waals surface area contributed by atoms with Crippen LogP contribution in [0.25, 0.3) is 0 Å². The van der Waals surface area contributed by atoms with Gasteiger partial charge in [-0.3, -0.25) is 14.5 Å². The van der Waals surface area contributed by atoms with Crippen LogP contribution in [0.4, 0.5) is 0 Å². The van der Waals surface area contributed by atoms with Gasteiger partial charge in [0.05, 0.1) is 42.0 Å². The Hall–Kier alpha value is -4.23. The fourth-order valence-corrected chi connectivity index (χ4v) is 3.59. The number of nitriles is 2. The molecule has 0 aromatic heterocycles. The van der Waals surface area contributed by atoms with Crippen molar-refractivity contribution in [2.45, 2.75) is 12.5 Å². The number of fused-ring (bicyclic) bond motifs is 1. The summed E-state index contributed by atoms with van der Waals surface area (Å²) >= 11 is 0. The van der Waals surface area contributed by atoms with Crippen LogP contribution >= 0.6 is 0 Å². The highest BCUT2D eigenvalue weighted by molar-refractivity contribution is 6.21. The third-order valence-electron chi connectivity index (χ3n) is 5.06. The van der Waals surface area contributed by atoms with Crippen LogP contribution in [0.3, 0.4) is 0 Å². The monoisotopic (exact) mass is 399 g/mol. The van der Waals surface area contributed by atoms with Gasteiger partial charge >= 0.3 is 5.97 Å². The molecule has 1 atom stereocenters. The van der Waals surface area contributed by atoms with Crippen molar-refractivity contribution in [3.8, 4) is 12.1 Å². The van der Waals surface area contributed by atoms with Gasteiger partial charge in [-0.1, -0.05) is 30.3 Å². The second-order valence-electron chi connectivity index (χ2n) is 6.73. The summed E-state index contributed by atoms with van der Waals surface area (Å²) in [5.74, 6) is -1.73. The molecule has 3 rings (SSSR count). The Kier molecular flexibility index (Phi) is 5.48. The van der Waals surface area contributed by atoms with Crippen LogP contribution in [-0.2, 0) is 4.74 Å². The van der Waals surface area contributed by atoms with Gasteiger partial charge in [-0.2, -0.15) is 10.5 Å². The summed E-state index contributed by atoms with van der Waals surface area (Å²) < 4.78 is 4.69. The zero-order valence-electron chi connectivity index (χ0n) is 16.2. The zero-order valence-corrected chi connectivity index (χ0v) is 16.2. The van der Waals surface area contributed by atoms with E-state index in [-0.39, 0.29) is 23.1 Å². The number of imide groups is 1. The number of carbonyl (C=O) groups excluding carboxylic acids is 3. The van der Waals surface area contributed by atoms with Gasteiger partial charge in [0.1, 0.15) is 0 Å². The highest BCUT2D eigenvalue weighted by atomic mass is 16.5. The lowest BCUT2D eigenvalue weighted by Crippen LogP contribution is -2.43. The normalized spacial score (nSPS) is 13.8. The lowest BCUT2D eigenvalue weighted by molar-refractivity contribution is 0.0506. The van der Waals surface area contributed by atoms with Crippen molar-refractivity contribution in [2.24, 2.45) is 5.41 Å². The van der Waals surface area contributed by atoms with Crippen LogP contribution in [-0.4, -0.2) is 29.8 Å². The van der Waals surface area contributed by atoms with E-state index in [4.69, 9.17) is 0 Å². The van der Waals surface area contributed by atoms with E-state index in [1.165, 1.54) is 49.6 Å². The number of rotatable bonds is 6. The lowest BCUT2D eigenvalue weighted by Gasteiger charge is -2.34. The molecule has 0 spiro atoms. The number of allylic oxidation sites excluding steroid dienone is 1. The van der Waals surface area contributed by atoms with E-state index >= 15 is 0 Å². The smallest absolute Gasteiger partial charge is 0.337 e. The molecule has 7 nitrogen and oxygen atoms in total. The number of hydrogen-bond acceptors (Lipinski definition) is 6. The van der Waals surface area contributed by atoms with Gasteiger partial charge in [0, 0.05) is 0 Å². The van der Waals surface area contributed by atoms with Crippen LogP contribution in [0.15, 0.2) is 61.2 Å². The Labute approximate surface area is 173 Å². The predicted molar refractivity (Wildman–Crippen MR) is 106 cm³/mol. The van der Waals surface area contributed by atoms with E-state index < -0.39 is 29.2 Å². The summed E-state index contributed by atoms with van der Waals surface area (Å²) in [4.78, 5) is 38.9. The predicted octanol–water partition coefficient (Wildman–Crippen LogP) is 3.42. The van der Waals surface area contributed by atoms with E-state index in [0.29, 0.717) is 5.56 Å². The summed E-state index contributed by atoms with van der Waals surface area (Å²) in [5, 5.41) is 19.9. The molecule has 2 aromatic carbocycles. The number of ether oxygens (including phenoxy) is 1. The van der Waals surface area contributed by atoms with Gasteiger partial charge in [0.2, 0.25) is 0 Å². The summed E-state index contributed by atoms with van der Waals surface area (Å²) in [7, 11) is 1.25. The maximum absolute atomic E-state index is 13.1. The Morgan fingerprint density at radius 2 is 1.63 bits per heavy atom. The number of hydrogen-bond donors (Lipinski definition) is 0. The minimum atomic E-state index is -1.76. The number of benzene rings is 2. The molecular formula is C23H17N3O4. The fourth-order valence-electron chi connectivity index (χ4n) is 3.59. The van der Waals surface area contributed by atoms with Gasteiger partial charge < -0.3 is 4.74 Å². The molecular weight excluding hydrogens is 382 g/mol. The SMILES string of the molecule is C=CCC(C#N)(C#N)C(c1ccc(C(=O)OC)cc1)N1C(=O)c2ccccc2C1=O. The molecule has 148 valence electrons. The molecule has 1 unspecified atom stereocenters. The zero-order chi connectivity index (χ0) is 21.9. The summed E-state index contributed by atoms with van der Waals surface area (Å²) in [6.45, 7) is 3.62. The molecule has 1 aliphatic heterocycles. The maximum atomic E-state index is 13.1. The minimum absolute atomic E-state index is 0.0726. The Morgan fingerprint density at radius 1 is 1.10 bits per heavy atom. The van der Waals surface area contributed by atoms with Crippen molar-refractivity contribution < 1.29 is 19.1 Å². The van der Waals surface area contributed by atoms with Crippen molar-refractivity contribution >= 4 is 17.8 Å². The Morgan fingerprint density at radius 3 is 2.07 bits per heavy atom. The standard InChI is InChI=1S/C23H17N3O4/c1-3-12-23(13-24,14-25)19(15-8-10-16(11-9-15)22(29)30-2)26-20(27)17-6-4-5-7-18(17)21(26)28/h3-11,19H,1,12H2,2H3. The van der Waals surface area contributed by atoms with Crippen molar-refractivity contribution in [1.82, 2.24) is 4.90 Å². The van der Waals surface area contributed by atoms with Gasteiger partial charge in [0.25, 0.3) is 11.8 Å². The van der Waals surface area contributed by atoms with E-state index in [0.717, 1.165) is 4.90 Å². The van der Waals surface area contributed by atoms with Gasteiger partial charge in [-0.05, 0) is 36.2 Å². The third-order valence-corrected chi connectivity index (χ3v) is 5.06. The molecule has 0 bridgehead atoms. The number of amides is 2. The number of methoxy groups -OCH3 is 1. The first-order valence-corrected chi connectivity index (χ1v) is 9.02. The first-order valence-electron chi connectivity index (χ1n) is 9.02. The van der Waals surface area contributed by atoms with Crippen molar-refractivity contribution in [2.75, 3.05) is 7.11 Å². The highest BCUT2D eigenvalue weighted by Gasteiger charge is 2.50. The van der Waals surface area contributed by atoms with Crippen LogP contribution < -0.4 is 0 Å². The first-order chi connectivity index (χ1) is 14.4. The number of esters is 1. The quantitative estimate of drug-likeness (QED) is 0.418. The van der Waals surface area contributed by atoms with Gasteiger partial charge in [-0.25, -0.2) is 4.79 Å². The highest BCUT2D eigenvalue weighted by Crippen LogP contribution is 2.44.